The summed E-state index contributed by atoms with van der Waals surface area (Å²) in [6, 6.07) is 4.61. The van der Waals surface area contributed by atoms with Crippen molar-refractivity contribution < 1.29 is 14.6 Å². The lowest BCUT2D eigenvalue weighted by molar-refractivity contribution is -0.144. The van der Waals surface area contributed by atoms with E-state index in [1.807, 2.05) is 6.07 Å². The molecule has 0 spiro atoms. The Kier molecular flexibility index (Phi) is 3.89. The van der Waals surface area contributed by atoms with Gasteiger partial charge in [0.15, 0.2) is 0 Å². The fourth-order valence-corrected chi connectivity index (χ4v) is 1.97. The highest BCUT2D eigenvalue weighted by Crippen LogP contribution is 2.28. The maximum Gasteiger partial charge on any atom is 0.323 e. The molecule has 1 saturated heterocycles. The van der Waals surface area contributed by atoms with E-state index in [1.54, 1.807) is 12.1 Å². The van der Waals surface area contributed by atoms with Crippen molar-refractivity contribution in [3.63, 3.8) is 0 Å². The second-order valence-electron chi connectivity index (χ2n) is 3.79. The minimum atomic E-state index is -0.905. The average Bonchev–Trinajstić information content (AvgIpc) is 2.33. The molecule has 0 aromatic heterocycles. The third-order valence-electron chi connectivity index (χ3n) is 2.63. The molecule has 2 N–H and O–H groups in total. The van der Waals surface area contributed by atoms with E-state index in [9.17, 15) is 4.79 Å². The van der Waals surface area contributed by atoms with Crippen LogP contribution in [0.1, 0.15) is 11.7 Å². The van der Waals surface area contributed by atoms with Crippen LogP contribution in [0.3, 0.4) is 0 Å². The van der Waals surface area contributed by atoms with Gasteiger partial charge >= 0.3 is 5.97 Å². The lowest BCUT2D eigenvalue weighted by Gasteiger charge is -2.28. The maximum absolute atomic E-state index is 10.7. The Labute approximate surface area is 108 Å². The van der Waals surface area contributed by atoms with Gasteiger partial charge in [-0.05, 0) is 17.7 Å². The number of hydrogen-bond donors (Lipinski definition) is 2. The number of nitrogens with one attached hydrogen (secondary N) is 1. The zero-order valence-corrected chi connectivity index (χ0v) is 10.3. The highest BCUT2D eigenvalue weighted by Gasteiger charge is 2.26. The molecule has 1 aliphatic heterocycles. The van der Waals surface area contributed by atoms with Crippen LogP contribution >= 0.6 is 23.2 Å². The molecule has 6 heteroatoms. The second-order valence-corrected chi connectivity index (χ2v) is 4.61. The summed E-state index contributed by atoms with van der Waals surface area (Å²) in [5.74, 6) is -0.905. The maximum atomic E-state index is 10.7. The number of ether oxygens (including phenoxy) is 1. The molecule has 0 aliphatic carbocycles. The number of aliphatic carboxylic acids is 1. The smallest absolute Gasteiger partial charge is 0.323 e. The minimum Gasteiger partial charge on any atom is -0.480 e. The molecule has 1 aromatic carbocycles. The fourth-order valence-electron chi connectivity index (χ4n) is 1.66. The van der Waals surface area contributed by atoms with Crippen molar-refractivity contribution in [2.45, 2.75) is 12.1 Å². The predicted octanol–water partition coefficient (Wildman–Crippen LogP) is 2.11. The molecule has 1 fully saturated rings. The Morgan fingerprint density at radius 2 is 2.18 bits per heavy atom. The van der Waals surface area contributed by atoms with Crippen molar-refractivity contribution in [3.8, 4) is 0 Å². The Balaban J connectivity index is 2.05. The molecule has 2 rings (SSSR count). The minimum absolute atomic E-state index is 0.139. The molecule has 1 aliphatic rings. The molecule has 0 saturated carbocycles. The molecule has 0 radical (unpaired) electrons. The Morgan fingerprint density at radius 1 is 1.41 bits per heavy atom. The van der Waals surface area contributed by atoms with Crippen LogP contribution < -0.4 is 5.32 Å². The first-order valence-corrected chi connectivity index (χ1v) is 5.86. The van der Waals surface area contributed by atoms with Crippen LogP contribution in [0.25, 0.3) is 0 Å². The molecule has 4 nitrogen and oxygen atoms in total. The van der Waals surface area contributed by atoms with Gasteiger partial charge in [0.25, 0.3) is 0 Å². The quantitative estimate of drug-likeness (QED) is 0.868. The Hall–Kier alpha value is -0.810. The molecule has 1 aromatic rings. The van der Waals surface area contributed by atoms with Crippen molar-refractivity contribution in [3.05, 3.63) is 33.8 Å². The van der Waals surface area contributed by atoms with Crippen LogP contribution in [0.4, 0.5) is 0 Å². The van der Waals surface area contributed by atoms with Crippen LogP contribution in [0.2, 0.25) is 10.0 Å². The van der Waals surface area contributed by atoms with E-state index in [0.29, 0.717) is 16.6 Å². The summed E-state index contributed by atoms with van der Waals surface area (Å²) in [5, 5.41) is 12.6. The van der Waals surface area contributed by atoms with Gasteiger partial charge in [-0.2, -0.15) is 0 Å². The normalized spacial score (nSPS) is 24.6. The zero-order chi connectivity index (χ0) is 12.4. The van der Waals surface area contributed by atoms with Gasteiger partial charge in [0.1, 0.15) is 6.04 Å². The third-order valence-corrected chi connectivity index (χ3v) is 3.37. The van der Waals surface area contributed by atoms with E-state index in [1.165, 1.54) is 0 Å². The van der Waals surface area contributed by atoms with Gasteiger partial charge in [0.05, 0.1) is 22.8 Å². The number of carboxylic acid groups (broad SMARTS) is 1. The van der Waals surface area contributed by atoms with Crippen molar-refractivity contribution in [1.82, 2.24) is 5.32 Å². The number of halogens is 2. The van der Waals surface area contributed by atoms with Crippen LogP contribution in [-0.2, 0) is 9.53 Å². The molecule has 92 valence electrons. The number of hydrogen-bond acceptors (Lipinski definition) is 3. The van der Waals surface area contributed by atoms with Gasteiger partial charge in [0.2, 0.25) is 0 Å². The summed E-state index contributed by atoms with van der Waals surface area (Å²) in [6.45, 7) is 0.579. The van der Waals surface area contributed by atoms with E-state index in [-0.39, 0.29) is 12.7 Å². The summed E-state index contributed by atoms with van der Waals surface area (Å²) >= 11 is 11.7. The molecular weight excluding hydrogens is 265 g/mol. The van der Waals surface area contributed by atoms with Crippen molar-refractivity contribution in [2.24, 2.45) is 0 Å². The summed E-state index contributed by atoms with van der Waals surface area (Å²) in [4.78, 5) is 10.7. The zero-order valence-electron chi connectivity index (χ0n) is 8.82. The van der Waals surface area contributed by atoms with Gasteiger partial charge in [-0.3, -0.25) is 10.1 Å². The van der Waals surface area contributed by atoms with E-state index < -0.39 is 12.0 Å². The molecule has 17 heavy (non-hydrogen) atoms. The number of carboxylic acids is 1. The second kappa shape index (κ2) is 5.23. The predicted molar refractivity (Wildman–Crippen MR) is 64.6 cm³/mol. The van der Waals surface area contributed by atoms with Crippen LogP contribution in [-0.4, -0.2) is 30.3 Å². The van der Waals surface area contributed by atoms with Gasteiger partial charge in [-0.25, -0.2) is 0 Å². The largest absolute Gasteiger partial charge is 0.480 e. The number of benzene rings is 1. The van der Waals surface area contributed by atoms with Crippen LogP contribution in [0.15, 0.2) is 18.2 Å². The first-order chi connectivity index (χ1) is 8.08. The standard InChI is InChI=1S/C11H11Cl2NO3/c12-7-2-1-6(3-8(7)13)10-4-14-9(5-17-10)11(15)16/h1-3,9-10,14H,4-5H2,(H,15,16)/t9-,10+/m0/s1. The average molecular weight is 276 g/mol. The highest BCUT2D eigenvalue weighted by molar-refractivity contribution is 6.42. The van der Waals surface area contributed by atoms with Crippen molar-refractivity contribution >= 4 is 29.2 Å². The number of carbonyl (C=O) groups is 1. The van der Waals surface area contributed by atoms with Crippen LogP contribution in [0.5, 0.6) is 0 Å². The lowest BCUT2D eigenvalue weighted by Crippen LogP contribution is -2.47. The lowest BCUT2D eigenvalue weighted by atomic mass is 10.1. The number of morpholine rings is 1. The van der Waals surface area contributed by atoms with Gasteiger partial charge in [-0.15, -0.1) is 0 Å². The molecular formula is C11H11Cl2NO3. The van der Waals surface area contributed by atoms with Gasteiger partial charge in [0, 0.05) is 6.54 Å². The third kappa shape index (κ3) is 2.90. The molecule has 0 bridgehead atoms. The van der Waals surface area contributed by atoms with Gasteiger partial charge < -0.3 is 9.84 Å². The van der Waals surface area contributed by atoms with E-state index in [2.05, 4.69) is 5.32 Å². The van der Waals surface area contributed by atoms with Crippen molar-refractivity contribution in [1.29, 1.82) is 0 Å². The SMILES string of the molecule is O=C(O)[C@@H]1CO[C@@H](c2ccc(Cl)c(Cl)c2)CN1. The Bertz CT molecular complexity index is 431. The van der Waals surface area contributed by atoms with Crippen LogP contribution in [0, 0.1) is 0 Å². The highest BCUT2D eigenvalue weighted by atomic mass is 35.5. The van der Waals surface area contributed by atoms with Gasteiger partial charge in [-0.1, -0.05) is 29.3 Å². The summed E-state index contributed by atoms with van der Waals surface area (Å²) in [7, 11) is 0. The van der Waals surface area contributed by atoms with E-state index in [0.717, 1.165) is 5.56 Å². The first kappa shape index (κ1) is 12.6. The summed E-state index contributed by atoms with van der Waals surface area (Å²) in [5.41, 5.74) is 0.885. The molecule has 0 unspecified atom stereocenters. The topological polar surface area (TPSA) is 58.6 Å². The van der Waals surface area contributed by atoms with E-state index >= 15 is 0 Å². The van der Waals surface area contributed by atoms with Crippen molar-refractivity contribution in [2.75, 3.05) is 13.2 Å². The monoisotopic (exact) mass is 275 g/mol. The first-order valence-electron chi connectivity index (χ1n) is 5.10. The fraction of sp³-hybridized carbons (Fsp3) is 0.364. The summed E-state index contributed by atoms with van der Waals surface area (Å²) in [6.07, 6.45) is -0.194. The molecule has 2 atom stereocenters. The van der Waals surface area contributed by atoms with E-state index in [4.69, 9.17) is 33.0 Å². The number of rotatable bonds is 2. The molecule has 0 amide bonds. The molecule has 1 heterocycles. The Morgan fingerprint density at radius 3 is 2.71 bits per heavy atom. The summed E-state index contributed by atoms with van der Waals surface area (Å²) < 4.78 is 5.49.